The zero-order chi connectivity index (χ0) is 25.8. The van der Waals surface area contributed by atoms with Crippen LogP contribution in [0.25, 0.3) is 5.69 Å². The van der Waals surface area contributed by atoms with Gasteiger partial charge in [0.05, 0.1) is 21.3 Å². The highest BCUT2D eigenvalue weighted by molar-refractivity contribution is 6.37. The number of carbonyl (C=O) groups excluding carboxylic acids is 1. The topological polar surface area (TPSA) is 126 Å². The van der Waals surface area contributed by atoms with Gasteiger partial charge in [0.15, 0.2) is 5.75 Å². The molecule has 1 heterocycles. The van der Waals surface area contributed by atoms with Crippen molar-refractivity contribution in [2.75, 3.05) is 0 Å². The van der Waals surface area contributed by atoms with Gasteiger partial charge in [-0.05, 0) is 66.8 Å². The molecule has 1 aromatic heterocycles. The number of amides is 1. The van der Waals surface area contributed by atoms with E-state index < -0.39 is 11.2 Å². The molecule has 3 fully saturated rings. The fourth-order valence-corrected chi connectivity index (χ4v) is 5.96. The van der Waals surface area contributed by atoms with Gasteiger partial charge in [-0.2, -0.15) is 9.78 Å². The third-order valence-corrected chi connectivity index (χ3v) is 8.11. The number of fused-ring (bicyclic) bond motifs is 2. The van der Waals surface area contributed by atoms with E-state index in [1.165, 1.54) is 30.3 Å². The Morgan fingerprint density at radius 1 is 1.19 bits per heavy atom. The van der Waals surface area contributed by atoms with Crippen LogP contribution in [0.4, 0.5) is 0 Å². The first-order chi connectivity index (χ1) is 17.0. The number of ether oxygens (including phenoxy) is 1. The van der Waals surface area contributed by atoms with Crippen molar-refractivity contribution in [2.24, 2.45) is 17.3 Å². The number of benzene rings is 2. The molecule has 6 rings (SSSR count). The molecular weight excluding hydrogens is 507 g/mol. The SMILES string of the molecule is CC1(C)[C@@H]2CC[C@@H](NC(=O)c3cc(Oc4c(Cl)cc(-n5ncc(=O)[nH]c5=O)cc4Cl)ccc3O)[C@H]1C2. The minimum atomic E-state index is -0.753. The average Bonchev–Trinajstić information content (AvgIpc) is 2.82. The highest BCUT2D eigenvalue weighted by Gasteiger charge is 2.54. The lowest BCUT2D eigenvalue weighted by atomic mass is 9.47. The first-order valence-electron chi connectivity index (χ1n) is 11.5. The molecule has 3 atom stereocenters. The van der Waals surface area contributed by atoms with Gasteiger partial charge in [-0.15, -0.1) is 0 Å². The predicted molar refractivity (Wildman–Crippen MR) is 135 cm³/mol. The number of halogens is 2. The normalized spacial score (nSPS) is 21.9. The summed E-state index contributed by atoms with van der Waals surface area (Å²) >= 11 is 12.7. The molecule has 3 N–H and O–H groups in total. The molecule has 2 bridgehead atoms. The molecule has 0 spiro atoms. The van der Waals surface area contributed by atoms with E-state index in [-0.39, 0.29) is 55.9 Å². The van der Waals surface area contributed by atoms with Gasteiger partial charge < -0.3 is 15.2 Å². The molecule has 3 aliphatic rings. The van der Waals surface area contributed by atoms with Crippen molar-refractivity contribution in [3.8, 4) is 22.9 Å². The Hall–Kier alpha value is -3.30. The first-order valence-corrected chi connectivity index (χ1v) is 12.3. The molecule has 0 saturated heterocycles. The summed E-state index contributed by atoms with van der Waals surface area (Å²) in [6.07, 6.45) is 4.07. The summed E-state index contributed by atoms with van der Waals surface area (Å²) in [6.45, 7) is 4.50. The summed E-state index contributed by atoms with van der Waals surface area (Å²) in [5.74, 6) is 0.910. The van der Waals surface area contributed by atoms with Crippen molar-refractivity contribution in [1.29, 1.82) is 0 Å². The Morgan fingerprint density at radius 3 is 2.56 bits per heavy atom. The molecule has 3 aliphatic carbocycles. The summed E-state index contributed by atoms with van der Waals surface area (Å²) in [5.41, 5.74) is -0.878. The van der Waals surface area contributed by atoms with Crippen LogP contribution in [0.2, 0.25) is 10.0 Å². The maximum atomic E-state index is 13.1. The van der Waals surface area contributed by atoms with Gasteiger partial charge in [0.1, 0.15) is 17.7 Å². The van der Waals surface area contributed by atoms with Crippen LogP contribution in [-0.4, -0.2) is 31.8 Å². The van der Waals surface area contributed by atoms with Gasteiger partial charge >= 0.3 is 5.69 Å². The third kappa shape index (κ3) is 4.26. The molecule has 2 aromatic carbocycles. The molecule has 0 unspecified atom stereocenters. The van der Waals surface area contributed by atoms with Crippen molar-refractivity contribution in [2.45, 2.75) is 39.2 Å². The van der Waals surface area contributed by atoms with Crippen molar-refractivity contribution >= 4 is 29.1 Å². The maximum Gasteiger partial charge on any atom is 0.349 e. The number of hydrogen-bond acceptors (Lipinski definition) is 6. The second-order valence-corrected chi connectivity index (χ2v) is 10.7. The number of aromatic amines is 1. The van der Waals surface area contributed by atoms with Crippen LogP contribution < -0.4 is 21.3 Å². The highest BCUT2D eigenvalue weighted by atomic mass is 35.5. The number of nitrogens with one attached hydrogen (secondary N) is 2. The fourth-order valence-electron chi connectivity index (χ4n) is 5.41. The predicted octanol–water partition coefficient (Wildman–Crippen LogP) is 4.28. The Morgan fingerprint density at radius 2 is 1.92 bits per heavy atom. The first kappa shape index (κ1) is 24.4. The lowest BCUT2D eigenvalue weighted by molar-refractivity contribution is -0.0844. The summed E-state index contributed by atoms with van der Waals surface area (Å²) in [7, 11) is 0. The Labute approximate surface area is 216 Å². The summed E-state index contributed by atoms with van der Waals surface area (Å²) in [4.78, 5) is 38.5. The zero-order valence-electron chi connectivity index (χ0n) is 19.5. The van der Waals surface area contributed by atoms with Crippen LogP contribution in [0.15, 0.2) is 46.1 Å². The van der Waals surface area contributed by atoms with Crippen LogP contribution in [0.5, 0.6) is 17.2 Å². The molecule has 36 heavy (non-hydrogen) atoms. The van der Waals surface area contributed by atoms with Gasteiger partial charge in [0.2, 0.25) is 0 Å². The number of phenolic OH excluding ortho intramolecular Hbond substituents is 1. The average molecular weight is 531 g/mol. The van der Waals surface area contributed by atoms with E-state index in [0.29, 0.717) is 11.8 Å². The van der Waals surface area contributed by atoms with Gasteiger partial charge in [0.25, 0.3) is 11.5 Å². The van der Waals surface area contributed by atoms with Crippen LogP contribution in [0.3, 0.4) is 0 Å². The van der Waals surface area contributed by atoms with Crippen molar-refractivity contribution in [1.82, 2.24) is 20.1 Å². The van der Waals surface area contributed by atoms with E-state index in [4.69, 9.17) is 27.9 Å². The van der Waals surface area contributed by atoms with Crippen LogP contribution in [0, 0.1) is 17.3 Å². The third-order valence-electron chi connectivity index (χ3n) is 7.55. The molecule has 0 aliphatic heterocycles. The van der Waals surface area contributed by atoms with Crippen LogP contribution in [0.1, 0.15) is 43.5 Å². The highest BCUT2D eigenvalue weighted by Crippen LogP contribution is 2.59. The molecule has 0 radical (unpaired) electrons. The Kier molecular flexibility index (Phi) is 6.08. The van der Waals surface area contributed by atoms with Crippen molar-refractivity contribution < 1.29 is 14.6 Å². The van der Waals surface area contributed by atoms with E-state index in [1.54, 1.807) is 0 Å². The molecule has 1 amide bonds. The number of aromatic nitrogens is 3. The van der Waals surface area contributed by atoms with Gasteiger partial charge in [-0.3, -0.25) is 14.6 Å². The minimum absolute atomic E-state index is 0.0582. The number of aromatic hydroxyl groups is 1. The molecular formula is C25H24Cl2N4O5. The number of nitrogens with zero attached hydrogens (tertiary/aromatic N) is 2. The summed E-state index contributed by atoms with van der Waals surface area (Å²) in [6, 6.07) is 7.15. The van der Waals surface area contributed by atoms with Crippen LogP contribution >= 0.6 is 23.2 Å². The molecule has 3 saturated carbocycles. The van der Waals surface area contributed by atoms with Gasteiger partial charge in [0, 0.05) is 6.04 Å². The molecule has 9 nitrogen and oxygen atoms in total. The van der Waals surface area contributed by atoms with E-state index in [9.17, 15) is 19.5 Å². The Bertz CT molecular complexity index is 1460. The van der Waals surface area contributed by atoms with Crippen molar-refractivity contribution in [3.63, 3.8) is 0 Å². The van der Waals surface area contributed by atoms with Gasteiger partial charge in [-0.1, -0.05) is 37.0 Å². The molecule has 188 valence electrons. The second kappa shape index (κ2) is 8.97. The van der Waals surface area contributed by atoms with E-state index >= 15 is 0 Å². The summed E-state index contributed by atoms with van der Waals surface area (Å²) < 4.78 is 6.79. The van der Waals surface area contributed by atoms with E-state index in [1.807, 2.05) is 0 Å². The number of hydrogen-bond donors (Lipinski definition) is 3. The van der Waals surface area contributed by atoms with Crippen molar-refractivity contribution in [3.05, 3.63) is 73.0 Å². The minimum Gasteiger partial charge on any atom is -0.507 e. The number of H-pyrrole nitrogens is 1. The van der Waals surface area contributed by atoms with E-state index in [2.05, 4.69) is 29.2 Å². The quantitative estimate of drug-likeness (QED) is 0.451. The number of carbonyl (C=O) groups is 1. The largest absolute Gasteiger partial charge is 0.507 e. The zero-order valence-corrected chi connectivity index (χ0v) is 21.1. The second-order valence-electron chi connectivity index (χ2n) is 9.89. The smallest absolute Gasteiger partial charge is 0.349 e. The monoisotopic (exact) mass is 530 g/mol. The summed E-state index contributed by atoms with van der Waals surface area (Å²) in [5, 5.41) is 17.4. The molecule has 11 heteroatoms. The van der Waals surface area contributed by atoms with Crippen LogP contribution in [-0.2, 0) is 0 Å². The maximum absolute atomic E-state index is 13.1. The number of phenols is 1. The van der Waals surface area contributed by atoms with Gasteiger partial charge in [-0.25, -0.2) is 4.79 Å². The Balaban J connectivity index is 1.37. The number of rotatable bonds is 5. The lowest BCUT2D eigenvalue weighted by Crippen LogP contribution is -2.59. The fraction of sp³-hybridized carbons (Fsp3) is 0.360. The molecule has 3 aromatic rings. The lowest BCUT2D eigenvalue weighted by Gasteiger charge is -2.60. The van der Waals surface area contributed by atoms with E-state index in [0.717, 1.165) is 30.1 Å². The standard InChI is InChI=1S/C25H24Cl2N4O5/c1-25(2)12-3-5-19(16(25)7-12)29-23(34)15-10-14(4-6-20(15)32)36-22-17(26)8-13(9-18(22)27)31-24(35)30-21(33)11-28-31/h4,6,8-12,16,19,32H,3,5,7H2,1-2H3,(H,29,34)(H,30,33,35)/t12-,16-,19-/m1/s1.